The van der Waals surface area contributed by atoms with Crippen molar-refractivity contribution in [1.82, 2.24) is 19.4 Å². The fourth-order valence-electron chi connectivity index (χ4n) is 3.08. The van der Waals surface area contributed by atoms with Crippen molar-refractivity contribution in [2.24, 2.45) is 7.05 Å². The molecule has 0 aromatic carbocycles. The van der Waals surface area contributed by atoms with Gasteiger partial charge >= 0.3 is 0 Å². The van der Waals surface area contributed by atoms with E-state index in [1.165, 1.54) is 0 Å². The molecule has 0 radical (unpaired) electrons. The van der Waals surface area contributed by atoms with Crippen molar-refractivity contribution >= 4 is 40.9 Å². The van der Waals surface area contributed by atoms with Gasteiger partial charge < -0.3 is 16.4 Å². The van der Waals surface area contributed by atoms with E-state index in [2.05, 4.69) is 26.7 Å². The minimum absolute atomic E-state index is 0.195. The van der Waals surface area contributed by atoms with Crippen LogP contribution in [0.3, 0.4) is 0 Å². The predicted molar refractivity (Wildman–Crippen MR) is 111 cm³/mol. The molecular weight excluding hydrogens is 386 g/mol. The maximum Gasteiger partial charge on any atom is 0.270 e. The number of pyridine rings is 1. The van der Waals surface area contributed by atoms with E-state index in [9.17, 15) is 4.79 Å². The monoisotopic (exact) mass is 409 g/mol. The summed E-state index contributed by atoms with van der Waals surface area (Å²) in [4.78, 5) is 26.8. The van der Waals surface area contributed by atoms with Crippen molar-refractivity contribution in [1.29, 1.82) is 0 Å². The standard InChI is InChI=1S/C17H24ClN7OS/c1-3-6-24-7-9-25(10-8-24)17-22-15(20)13(16(26)23(17)2)27-11-4-5-21-14(19)12(11)18/h4-5H,3,6-10,20H2,1-2H3,(H2,19,21). The van der Waals surface area contributed by atoms with Crippen LogP contribution in [-0.2, 0) is 7.05 Å². The zero-order valence-electron chi connectivity index (χ0n) is 15.5. The molecule has 0 saturated carbocycles. The van der Waals surface area contributed by atoms with Crippen LogP contribution in [0.5, 0.6) is 0 Å². The number of hydrogen-bond donors (Lipinski definition) is 2. The lowest BCUT2D eigenvalue weighted by atomic mass is 10.3. The van der Waals surface area contributed by atoms with E-state index in [1.54, 1.807) is 23.9 Å². The van der Waals surface area contributed by atoms with Gasteiger partial charge in [0.15, 0.2) is 0 Å². The number of nitrogens with two attached hydrogens (primary N) is 2. The molecule has 10 heteroatoms. The smallest absolute Gasteiger partial charge is 0.270 e. The van der Waals surface area contributed by atoms with Crippen LogP contribution < -0.4 is 21.9 Å². The second-order valence-corrected chi connectivity index (χ2v) is 7.86. The lowest BCUT2D eigenvalue weighted by molar-refractivity contribution is 0.256. The van der Waals surface area contributed by atoms with Crippen LogP contribution in [0.4, 0.5) is 17.6 Å². The Balaban J connectivity index is 1.86. The highest BCUT2D eigenvalue weighted by atomic mass is 35.5. The third-order valence-corrected chi connectivity index (χ3v) is 6.20. The summed E-state index contributed by atoms with van der Waals surface area (Å²) in [6, 6.07) is 1.70. The van der Waals surface area contributed by atoms with Crippen molar-refractivity contribution in [2.75, 3.05) is 49.1 Å². The van der Waals surface area contributed by atoms with Gasteiger partial charge in [-0.15, -0.1) is 0 Å². The first-order valence-corrected chi connectivity index (χ1v) is 10.0. The van der Waals surface area contributed by atoms with Gasteiger partial charge in [0, 0.05) is 44.3 Å². The molecule has 1 fully saturated rings. The highest BCUT2D eigenvalue weighted by Crippen LogP contribution is 2.36. The van der Waals surface area contributed by atoms with Crippen molar-refractivity contribution < 1.29 is 0 Å². The van der Waals surface area contributed by atoms with E-state index in [4.69, 9.17) is 23.1 Å². The Kier molecular flexibility index (Phi) is 6.13. The molecule has 27 heavy (non-hydrogen) atoms. The summed E-state index contributed by atoms with van der Waals surface area (Å²) in [7, 11) is 1.72. The summed E-state index contributed by atoms with van der Waals surface area (Å²) in [6.45, 7) is 6.81. The lowest BCUT2D eigenvalue weighted by Crippen LogP contribution is -2.48. The summed E-state index contributed by atoms with van der Waals surface area (Å²) in [5.74, 6) is 1.01. The van der Waals surface area contributed by atoms with E-state index in [0.29, 0.717) is 20.8 Å². The van der Waals surface area contributed by atoms with E-state index in [0.717, 1.165) is 50.9 Å². The van der Waals surface area contributed by atoms with Crippen LogP contribution in [0.2, 0.25) is 5.02 Å². The number of aromatic nitrogens is 3. The second-order valence-electron chi connectivity index (χ2n) is 6.43. The van der Waals surface area contributed by atoms with Crippen molar-refractivity contribution in [3.8, 4) is 0 Å². The van der Waals surface area contributed by atoms with Crippen molar-refractivity contribution in [3.63, 3.8) is 0 Å². The zero-order valence-corrected chi connectivity index (χ0v) is 17.1. The van der Waals surface area contributed by atoms with Gasteiger partial charge in [0.2, 0.25) is 5.95 Å². The van der Waals surface area contributed by atoms with Gasteiger partial charge in [-0.2, -0.15) is 4.98 Å². The summed E-state index contributed by atoms with van der Waals surface area (Å²) >= 11 is 7.35. The number of anilines is 3. The second kappa shape index (κ2) is 8.37. The minimum atomic E-state index is -0.204. The van der Waals surface area contributed by atoms with E-state index >= 15 is 0 Å². The van der Waals surface area contributed by atoms with Crippen LogP contribution >= 0.6 is 23.4 Å². The van der Waals surface area contributed by atoms with Gasteiger partial charge in [-0.25, -0.2) is 4.98 Å². The predicted octanol–water partition coefficient (Wildman–Crippen LogP) is 1.68. The fraction of sp³-hybridized carbons (Fsp3) is 0.471. The first kappa shape index (κ1) is 19.8. The number of piperazine rings is 1. The summed E-state index contributed by atoms with van der Waals surface area (Å²) < 4.78 is 1.55. The van der Waals surface area contributed by atoms with Gasteiger partial charge in [0.25, 0.3) is 5.56 Å². The molecule has 8 nitrogen and oxygen atoms in total. The van der Waals surface area contributed by atoms with E-state index in [1.807, 2.05) is 0 Å². The fourth-order valence-corrected chi connectivity index (χ4v) is 4.23. The van der Waals surface area contributed by atoms with Gasteiger partial charge in [0.05, 0.1) is 5.02 Å². The van der Waals surface area contributed by atoms with E-state index in [-0.39, 0.29) is 17.2 Å². The third kappa shape index (κ3) is 4.15. The Morgan fingerprint density at radius 3 is 2.59 bits per heavy atom. The quantitative estimate of drug-likeness (QED) is 0.768. The summed E-state index contributed by atoms with van der Waals surface area (Å²) in [5.41, 5.74) is 11.7. The molecular formula is C17H24ClN7OS. The highest BCUT2D eigenvalue weighted by Gasteiger charge is 2.23. The largest absolute Gasteiger partial charge is 0.382 e. The molecule has 3 heterocycles. The molecule has 1 aliphatic heterocycles. The maximum atomic E-state index is 12.9. The Morgan fingerprint density at radius 2 is 1.93 bits per heavy atom. The topological polar surface area (TPSA) is 106 Å². The summed E-state index contributed by atoms with van der Waals surface area (Å²) in [5, 5.41) is 0.306. The first-order chi connectivity index (χ1) is 12.9. The normalized spacial score (nSPS) is 15.3. The molecule has 1 saturated heterocycles. The molecule has 4 N–H and O–H groups in total. The Morgan fingerprint density at radius 1 is 1.22 bits per heavy atom. The van der Waals surface area contributed by atoms with Crippen molar-refractivity contribution in [3.05, 3.63) is 27.6 Å². The van der Waals surface area contributed by atoms with Gasteiger partial charge in [-0.3, -0.25) is 14.3 Å². The molecule has 3 rings (SSSR count). The zero-order chi connectivity index (χ0) is 19.6. The maximum absolute atomic E-state index is 12.9. The number of hydrogen-bond acceptors (Lipinski definition) is 8. The molecule has 146 valence electrons. The van der Waals surface area contributed by atoms with Gasteiger partial charge in [-0.05, 0) is 19.0 Å². The van der Waals surface area contributed by atoms with Crippen LogP contribution in [0.25, 0.3) is 0 Å². The van der Waals surface area contributed by atoms with Gasteiger partial charge in [-0.1, -0.05) is 30.3 Å². The molecule has 0 aliphatic carbocycles. The lowest BCUT2D eigenvalue weighted by Gasteiger charge is -2.35. The molecule has 2 aromatic rings. The number of nitrogen functional groups attached to an aromatic ring is 2. The molecule has 0 unspecified atom stereocenters. The molecule has 0 atom stereocenters. The molecule has 2 aromatic heterocycles. The average molecular weight is 410 g/mol. The van der Waals surface area contributed by atoms with Crippen LogP contribution in [0.1, 0.15) is 13.3 Å². The molecule has 1 aliphatic rings. The summed E-state index contributed by atoms with van der Waals surface area (Å²) in [6.07, 6.45) is 2.68. The van der Waals surface area contributed by atoms with Crippen LogP contribution in [-0.4, -0.2) is 52.2 Å². The minimum Gasteiger partial charge on any atom is -0.382 e. The molecule has 0 spiro atoms. The van der Waals surface area contributed by atoms with E-state index < -0.39 is 0 Å². The van der Waals surface area contributed by atoms with Crippen LogP contribution in [0.15, 0.2) is 26.8 Å². The molecule has 0 bridgehead atoms. The number of halogens is 1. The Hall–Kier alpha value is -1.97. The third-order valence-electron chi connectivity index (χ3n) is 4.54. The van der Waals surface area contributed by atoms with Crippen molar-refractivity contribution in [2.45, 2.75) is 23.1 Å². The SMILES string of the molecule is CCCN1CCN(c2nc(N)c(Sc3ccnc(N)c3Cl)c(=O)n2C)CC1. The van der Waals surface area contributed by atoms with Gasteiger partial charge in [0.1, 0.15) is 16.5 Å². The average Bonchev–Trinajstić information content (AvgIpc) is 2.66. The first-order valence-electron chi connectivity index (χ1n) is 8.84. The Bertz CT molecular complexity index is 880. The number of rotatable bonds is 5. The number of nitrogens with zero attached hydrogens (tertiary/aromatic N) is 5. The highest BCUT2D eigenvalue weighted by molar-refractivity contribution is 7.99. The van der Waals surface area contributed by atoms with Crippen LogP contribution in [0, 0.1) is 0 Å². The molecule has 0 amide bonds. The Labute approximate surface area is 167 Å².